The van der Waals surface area contributed by atoms with Crippen LogP contribution in [-0.2, 0) is 6.42 Å². The highest BCUT2D eigenvalue weighted by molar-refractivity contribution is 9.10. The van der Waals surface area contributed by atoms with Crippen molar-refractivity contribution < 1.29 is 9.59 Å². The van der Waals surface area contributed by atoms with Crippen LogP contribution < -0.4 is 4.90 Å². The highest BCUT2D eigenvalue weighted by atomic mass is 79.9. The third kappa shape index (κ3) is 2.48. The fraction of sp³-hybridized carbons (Fsp3) is 0.222. The standard InChI is InChI=1S/C18H16BrNO2/c1-2-3-6-12-9-10-16(15(19)11-12)20-17(21)13-7-4-5-8-14(13)18(20)22/h4-5,7-11H,2-3,6H2,1H3. The number of carbonyl (C=O) groups is 2. The molecule has 1 heterocycles. The third-order valence-corrected chi connectivity index (χ3v) is 4.50. The maximum atomic E-state index is 12.5. The molecule has 2 aromatic carbocycles. The topological polar surface area (TPSA) is 37.4 Å². The van der Waals surface area contributed by atoms with Crippen LogP contribution in [-0.4, -0.2) is 11.8 Å². The summed E-state index contributed by atoms with van der Waals surface area (Å²) < 4.78 is 0.774. The molecule has 2 amide bonds. The molecule has 0 aromatic heterocycles. The summed E-state index contributed by atoms with van der Waals surface area (Å²) in [5, 5.41) is 0. The molecule has 3 nitrogen and oxygen atoms in total. The number of benzene rings is 2. The fourth-order valence-corrected chi connectivity index (χ4v) is 3.28. The Morgan fingerprint density at radius 2 is 1.64 bits per heavy atom. The summed E-state index contributed by atoms with van der Waals surface area (Å²) in [6.45, 7) is 2.15. The average molecular weight is 358 g/mol. The molecule has 0 N–H and O–H groups in total. The van der Waals surface area contributed by atoms with Crippen LogP contribution in [0.5, 0.6) is 0 Å². The van der Waals surface area contributed by atoms with Crippen molar-refractivity contribution in [2.24, 2.45) is 0 Å². The molecule has 0 radical (unpaired) electrons. The normalized spacial score (nSPS) is 13.6. The van der Waals surface area contributed by atoms with Gasteiger partial charge in [-0.25, -0.2) is 4.90 Å². The van der Waals surface area contributed by atoms with Gasteiger partial charge in [-0.3, -0.25) is 9.59 Å². The van der Waals surface area contributed by atoms with Crippen molar-refractivity contribution in [1.82, 2.24) is 0 Å². The predicted molar refractivity (Wildman–Crippen MR) is 90.3 cm³/mol. The first kappa shape index (κ1) is 15.0. The number of hydrogen-bond acceptors (Lipinski definition) is 2. The SMILES string of the molecule is CCCCc1ccc(N2C(=O)c3ccccc3C2=O)c(Br)c1. The molecule has 2 aromatic rings. The summed E-state index contributed by atoms with van der Waals surface area (Å²) in [4.78, 5) is 26.3. The van der Waals surface area contributed by atoms with Crippen molar-refractivity contribution in [2.75, 3.05) is 4.90 Å². The van der Waals surface area contributed by atoms with Gasteiger partial charge in [0, 0.05) is 4.47 Å². The largest absolute Gasteiger partial charge is 0.268 e. The number of halogens is 1. The Labute approximate surface area is 138 Å². The second kappa shape index (κ2) is 6.05. The first-order valence-electron chi connectivity index (χ1n) is 7.39. The van der Waals surface area contributed by atoms with Gasteiger partial charge in [0.2, 0.25) is 0 Å². The molecular weight excluding hydrogens is 342 g/mol. The van der Waals surface area contributed by atoms with Gasteiger partial charge >= 0.3 is 0 Å². The van der Waals surface area contributed by atoms with Gasteiger partial charge in [0.15, 0.2) is 0 Å². The zero-order valence-electron chi connectivity index (χ0n) is 12.3. The van der Waals surface area contributed by atoms with Crippen molar-refractivity contribution in [2.45, 2.75) is 26.2 Å². The lowest BCUT2D eigenvalue weighted by Gasteiger charge is -2.16. The number of fused-ring (bicyclic) bond motifs is 1. The maximum absolute atomic E-state index is 12.5. The van der Waals surface area contributed by atoms with Crippen molar-refractivity contribution in [1.29, 1.82) is 0 Å². The molecule has 0 saturated carbocycles. The van der Waals surface area contributed by atoms with Crippen molar-refractivity contribution in [3.63, 3.8) is 0 Å². The molecule has 3 rings (SSSR count). The van der Waals surface area contributed by atoms with E-state index in [1.165, 1.54) is 10.5 Å². The van der Waals surface area contributed by atoms with Gasteiger partial charge < -0.3 is 0 Å². The monoisotopic (exact) mass is 357 g/mol. The molecular formula is C18H16BrNO2. The van der Waals surface area contributed by atoms with E-state index in [1.807, 2.05) is 18.2 Å². The highest BCUT2D eigenvalue weighted by Gasteiger charge is 2.37. The molecule has 0 fully saturated rings. The van der Waals surface area contributed by atoms with E-state index >= 15 is 0 Å². The number of nitrogens with zero attached hydrogens (tertiary/aromatic N) is 1. The molecule has 0 unspecified atom stereocenters. The molecule has 0 aliphatic carbocycles. The Bertz CT molecular complexity index is 720. The van der Waals surface area contributed by atoms with Crippen LogP contribution in [0.25, 0.3) is 0 Å². The van der Waals surface area contributed by atoms with Crippen LogP contribution in [0, 0.1) is 0 Å². The number of carbonyl (C=O) groups excluding carboxylic acids is 2. The summed E-state index contributed by atoms with van der Waals surface area (Å²) in [6, 6.07) is 12.8. The van der Waals surface area contributed by atoms with Gasteiger partial charge in [0.05, 0.1) is 16.8 Å². The zero-order chi connectivity index (χ0) is 15.7. The number of hydrogen-bond donors (Lipinski definition) is 0. The van der Waals surface area contributed by atoms with Gasteiger partial charge in [0.1, 0.15) is 0 Å². The van der Waals surface area contributed by atoms with Crippen LogP contribution in [0.1, 0.15) is 46.0 Å². The lowest BCUT2D eigenvalue weighted by Crippen LogP contribution is -2.29. The van der Waals surface area contributed by atoms with E-state index in [2.05, 4.69) is 22.9 Å². The van der Waals surface area contributed by atoms with Crippen molar-refractivity contribution in [3.05, 3.63) is 63.6 Å². The lowest BCUT2D eigenvalue weighted by molar-refractivity contribution is 0.0926. The van der Waals surface area contributed by atoms with Crippen LogP contribution >= 0.6 is 15.9 Å². The second-order valence-corrected chi connectivity index (χ2v) is 6.23. The maximum Gasteiger partial charge on any atom is 0.266 e. The smallest absolute Gasteiger partial charge is 0.266 e. The lowest BCUT2D eigenvalue weighted by atomic mass is 10.1. The molecule has 0 bridgehead atoms. The number of amides is 2. The second-order valence-electron chi connectivity index (χ2n) is 5.38. The molecule has 112 valence electrons. The van der Waals surface area contributed by atoms with Crippen LogP contribution in [0.3, 0.4) is 0 Å². The predicted octanol–water partition coefficient (Wildman–Crippen LogP) is 4.59. The minimum Gasteiger partial charge on any atom is -0.268 e. The number of rotatable bonds is 4. The van der Waals surface area contributed by atoms with Gasteiger partial charge in [-0.1, -0.05) is 31.5 Å². The van der Waals surface area contributed by atoms with E-state index in [1.54, 1.807) is 24.3 Å². The Hall–Kier alpha value is -1.94. The van der Waals surface area contributed by atoms with E-state index in [0.29, 0.717) is 16.8 Å². The van der Waals surface area contributed by atoms with E-state index in [9.17, 15) is 9.59 Å². The van der Waals surface area contributed by atoms with Crippen molar-refractivity contribution in [3.8, 4) is 0 Å². The Kier molecular flexibility index (Phi) is 4.12. The van der Waals surface area contributed by atoms with E-state index in [-0.39, 0.29) is 11.8 Å². The van der Waals surface area contributed by atoms with E-state index in [0.717, 1.165) is 23.7 Å². The number of unbranched alkanes of at least 4 members (excludes halogenated alkanes) is 1. The van der Waals surface area contributed by atoms with Crippen LogP contribution in [0.2, 0.25) is 0 Å². The Balaban J connectivity index is 1.96. The molecule has 0 saturated heterocycles. The van der Waals surface area contributed by atoms with Crippen molar-refractivity contribution >= 4 is 33.4 Å². The minimum absolute atomic E-state index is 0.261. The molecule has 4 heteroatoms. The minimum atomic E-state index is -0.261. The molecule has 1 aliphatic rings. The van der Waals surface area contributed by atoms with E-state index < -0.39 is 0 Å². The number of imide groups is 1. The Morgan fingerprint density at radius 3 is 2.18 bits per heavy atom. The van der Waals surface area contributed by atoms with Gasteiger partial charge in [-0.2, -0.15) is 0 Å². The zero-order valence-corrected chi connectivity index (χ0v) is 13.9. The molecule has 22 heavy (non-hydrogen) atoms. The highest BCUT2D eigenvalue weighted by Crippen LogP contribution is 2.34. The first-order valence-corrected chi connectivity index (χ1v) is 8.19. The summed E-state index contributed by atoms with van der Waals surface area (Å²) in [7, 11) is 0. The van der Waals surface area contributed by atoms with Crippen LogP contribution in [0.15, 0.2) is 46.9 Å². The fourth-order valence-electron chi connectivity index (χ4n) is 2.68. The van der Waals surface area contributed by atoms with Gasteiger partial charge in [0.25, 0.3) is 11.8 Å². The molecule has 1 aliphatic heterocycles. The molecule has 0 atom stereocenters. The number of aryl methyl sites for hydroxylation is 1. The summed E-state index contributed by atoms with van der Waals surface area (Å²) in [5.74, 6) is -0.523. The number of anilines is 1. The molecule has 0 spiro atoms. The summed E-state index contributed by atoms with van der Waals surface area (Å²) >= 11 is 3.50. The third-order valence-electron chi connectivity index (χ3n) is 3.87. The Morgan fingerprint density at radius 1 is 1.00 bits per heavy atom. The summed E-state index contributed by atoms with van der Waals surface area (Å²) in [6.07, 6.45) is 3.26. The van der Waals surface area contributed by atoms with E-state index in [4.69, 9.17) is 0 Å². The van der Waals surface area contributed by atoms with Gasteiger partial charge in [-0.05, 0) is 58.6 Å². The average Bonchev–Trinajstić information content (AvgIpc) is 2.78. The first-order chi connectivity index (χ1) is 10.6. The summed E-state index contributed by atoms with van der Waals surface area (Å²) in [5.41, 5.74) is 2.74. The van der Waals surface area contributed by atoms with Gasteiger partial charge in [-0.15, -0.1) is 0 Å². The quantitative estimate of drug-likeness (QED) is 0.750. The van der Waals surface area contributed by atoms with Crippen LogP contribution in [0.4, 0.5) is 5.69 Å².